The lowest BCUT2D eigenvalue weighted by Gasteiger charge is -2.44. The maximum Gasteiger partial charge on any atom is 0.126 e. The van der Waals surface area contributed by atoms with E-state index in [1.165, 1.54) is 6.07 Å². The van der Waals surface area contributed by atoms with Gasteiger partial charge in [-0.3, -0.25) is 0 Å². The second kappa shape index (κ2) is 5.99. The lowest BCUT2D eigenvalue weighted by molar-refractivity contribution is -0.0427. The number of aliphatic hydroxyl groups is 1. The summed E-state index contributed by atoms with van der Waals surface area (Å²) in [5, 5.41) is 11.9. The lowest BCUT2D eigenvalue weighted by Crippen LogP contribution is -2.47. The average molecular weight is 320 g/mol. The molecule has 2 atom stereocenters. The van der Waals surface area contributed by atoms with E-state index in [-0.39, 0.29) is 11.7 Å². The molecule has 1 heterocycles. The van der Waals surface area contributed by atoms with Crippen LogP contribution in [0.4, 0.5) is 4.39 Å². The Bertz CT molecular complexity index is 678. The Morgan fingerprint density at radius 1 is 1.18 bits per heavy atom. The molecule has 1 saturated heterocycles. The second-order valence-electron chi connectivity index (χ2n) is 5.99. The first-order valence-electron chi connectivity index (χ1n) is 7.43. The van der Waals surface area contributed by atoms with Crippen LogP contribution < -0.4 is 0 Å². The summed E-state index contributed by atoms with van der Waals surface area (Å²) in [4.78, 5) is 2.11. The summed E-state index contributed by atoms with van der Waals surface area (Å²) in [5.41, 5.74) is 0.0574. The Morgan fingerprint density at radius 2 is 1.86 bits per heavy atom. The van der Waals surface area contributed by atoms with Gasteiger partial charge in [0.25, 0.3) is 0 Å². The van der Waals surface area contributed by atoms with E-state index in [0.29, 0.717) is 29.1 Å². The highest BCUT2D eigenvalue weighted by molar-refractivity contribution is 6.31. The van der Waals surface area contributed by atoms with E-state index in [2.05, 4.69) is 4.90 Å². The lowest BCUT2D eigenvalue weighted by atomic mass is 9.72. The van der Waals surface area contributed by atoms with Crippen molar-refractivity contribution in [3.63, 3.8) is 0 Å². The number of likely N-dealkylation sites (N-methyl/N-ethyl adjacent to an activating group) is 1. The van der Waals surface area contributed by atoms with Gasteiger partial charge in [0.05, 0.1) is 0 Å². The third-order valence-corrected chi connectivity index (χ3v) is 4.90. The molecule has 2 aromatic rings. The number of piperidine rings is 1. The van der Waals surface area contributed by atoms with Gasteiger partial charge in [-0.05, 0) is 31.2 Å². The van der Waals surface area contributed by atoms with Crippen LogP contribution in [-0.2, 0) is 5.60 Å². The standard InChI is InChI=1S/C18H19ClFNO/c1-21-11-10-18(22,14-7-3-4-8-16(14)19)15(12-21)13-6-2-5-9-17(13)20/h2-9,15,22H,10-12H2,1H3/t15-,18+/m1/s1. The fraction of sp³-hybridized carbons (Fsp3) is 0.333. The number of benzene rings is 2. The van der Waals surface area contributed by atoms with Crippen LogP contribution >= 0.6 is 11.6 Å². The summed E-state index contributed by atoms with van der Waals surface area (Å²) >= 11 is 6.31. The van der Waals surface area contributed by atoms with Crippen molar-refractivity contribution in [3.05, 3.63) is 70.5 Å². The Hall–Kier alpha value is -1.42. The smallest absolute Gasteiger partial charge is 0.126 e. The molecule has 4 heteroatoms. The van der Waals surface area contributed by atoms with Crippen molar-refractivity contribution < 1.29 is 9.50 Å². The molecule has 1 N–H and O–H groups in total. The molecule has 1 aliphatic rings. The molecule has 0 unspecified atom stereocenters. The van der Waals surface area contributed by atoms with Crippen LogP contribution in [0.3, 0.4) is 0 Å². The van der Waals surface area contributed by atoms with Gasteiger partial charge in [-0.2, -0.15) is 0 Å². The largest absolute Gasteiger partial charge is 0.384 e. The van der Waals surface area contributed by atoms with Crippen LogP contribution in [0.2, 0.25) is 5.02 Å². The number of likely N-dealkylation sites (tertiary alicyclic amines) is 1. The predicted octanol–water partition coefficient (Wildman–Crippen LogP) is 3.79. The van der Waals surface area contributed by atoms with Crippen molar-refractivity contribution in [3.8, 4) is 0 Å². The van der Waals surface area contributed by atoms with E-state index in [1.807, 2.05) is 25.2 Å². The SMILES string of the molecule is CN1CC[C@](O)(c2ccccc2Cl)[C@@H](c2ccccc2F)C1. The molecule has 2 aromatic carbocycles. The zero-order chi connectivity index (χ0) is 15.7. The summed E-state index contributed by atoms with van der Waals surface area (Å²) in [6, 6.07) is 14.0. The molecular weight excluding hydrogens is 301 g/mol. The predicted molar refractivity (Wildman–Crippen MR) is 86.6 cm³/mol. The van der Waals surface area contributed by atoms with Crippen LogP contribution in [0, 0.1) is 5.82 Å². The van der Waals surface area contributed by atoms with E-state index in [1.54, 1.807) is 24.3 Å². The first kappa shape index (κ1) is 15.5. The Morgan fingerprint density at radius 3 is 2.59 bits per heavy atom. The zero-order valence-electron chi connectivity index (χ0n) is 12.5. The topological polar surface area (TPSA) is 23.5 Å². The highest BCUT2D eigenvalue weighted by Gasteiger charge is 2.44. The molecule has 0 bridgehead atoms. The quantitative estimate of drug-likeness (QED) is 0.910. The molecule has 0 spiro atoms. The third kappa shape index (κ3) is 2.65. The van der Waals surface area contributed by atoms with Crippen molar-refractivity contribution >= 4 is 11.6 Å². The van der Waals surface area contributed by atoms with Gasteiger partial charge < -0.3 is 10.0 Å². The van der Waals surface area contributed by atoms with Gasteiger partial charge in [0.15, 0.2) is 0 Å². The monoisotopic (exact) mass is 319 g/mol. The molecule has 0 aromatic heterocycles. The molecule has 0 saturated carbocycles. The van der Waals surface area contributed by atoms with E-state index in [4.69, 9.17) is 11.6 Å². The molecule has 22 heavy (non-hydrogen) atoms. The minimum Gasteiger partial charge on any atom is -0.384 e. The highest BCUT2D eigenvalue weighted by atomic mass is 35.5. The van der Waals surface area contributed by atoms with Crippen molar-refractivity contribution in [2.24, 2.45) is 0 Å². The minimum absolute atomic E-state index is 0.284. The van der Waals surface area contributed by atoms with Crippen LogP contribution in [0.25, 0.3) is 0 Å². The zero-order valence-corrected chi connectivity index (χ0v) is 13.2. The first-order valence-corrected chi connectivity index (χ1v) is 7.80. The summed E-state index contributed by atoms with van der Waals surface area (Å²) in [7, 11) is 1.99. The summed E-state index contributed by atoms with van der Waals surface area (Å²) in [6.07, 6.45) is 0.520. The maximum atomic E-state index is 14.3. The van der Waals surface area contributed by atoms with E-state index < -0.39 is 5.60 Å². The van der Waals surface area contributed by atoms with Gasteiger partial charge in [-0.1, -0.05) is 48.0 Å². The molecule has 0 amide bonds. The third-order valence-electron chi connectivity index (χ3n) is 4.57. The second-order valence-corrected chi connectivity index (χ2v) is 6.40. The molecule has 1 aliphatic heterocycles. The van der Waals surface area contributed by atoms with E-state index in [9.17, 15) is 9.50 Å². The molecular formula is C18H19ClFNO. The number of hydrogen-bond donors (Lipinski definition) is 1. The van der Waals surface area contributed by atoms with Gasteiger partial charge in [0.2, 0.25) is 0 Å². The average Bonchev–Trinajstić information content (AvgIpc) is 2.51. The molecule has 0 radical (unpaired) electrons. The van der Waals surface area contributed by atoms with Crippen LogP contribution in [0.5, 0.6) is 0 Å². The Labute approximate surface area is 135 Å². The fourth-order valence-corrected chi connectivity index (χ4v) is 3.64. The summed E-state index contributed by atoms with van der Waals surface area (Å²) in [6.45, 7) is 1.33. The van der Waals surface area contributed by atoms with Gasteiger partial charge in [0, 0.05) is 29.6 Å². The number of rotatable bonds is 2. The van der Waals surface area contributed by atoms with Crippen LogP contribution in [0.1, 0.15) is 23.5 Å². The maximum absolute atomic E-state index is 14.3. The van der Waals surface area contributed by atoms with E-state index in [0.717, 1.165) is 6.54 Å². The van der Waals surface area contributed by atoms with Gasteiger partial charge in [-0.15, -0.1) is 0 Å². The van der Waals surface area contributed by atoms with Gasteiger partial charge in [-0.25, -0.2) is 4.39 Å². The minimum atomic E-state index is -1.16. The van der Waals surface area contributed by atoms with Crippen molar-refractivity contribution in [1.82, 2.24) is 4.90 Å². The van der Waals surface area contributed by atoms with Gasteiger partial charge >= 0.3 is 0 Å². The number of halogens is 2. The molecule has 1 fully saturated rings. The first-order chi connectivity index (χ1) is 10.5. The summed E-state index contributed by atoms with van der Waals surface area (Å²) < 4.78 is 14.3. The van der Waals surface area contributed by atoms with Crippen LogP contribution in [-0.4, -0.2) is 30.1 Å². The highest BCUT2D eigenvalue weighted by Crippen LogP contribution is 2.45. The van der Waals surface area contributed by atoms with Crippen molar-refractivity contribution in [2.45, 2.75) is 17.9 Å². The van der Waals surface area contributed by atoms with Crippen LogP contribution in [0.15, 0.2) is 48.5 Å². The molecule has 3 rings (SSSR count). The van der Waals surface area contributed by atoms with Gasteiger partial charge in [0.1, 0.15) is 11.4 Å². The number of hydrogen-bond acceptors (Lipinski definition) is 2. The normalized spacial score (nSPS) is 26.1. The molecule has 2 nitrogen and oxygen atoms in total. The molecule has 0 aliphatic carbocycles. The Balaban J connectivity index is 2.12. The summed E-state index contributed by atoms with van der Waals surface area (Å²) in [5.74, 6) is -0.638. The number of nitrogens with zero attached hydrogens (tertiary/aromatic N) is 1. The van der Waals surface area contributed by atoms with E-state index >= 15 is 0 Å². The molecule has 116 valence electrons. The fourth-order valence-electron chi connectivity index (χ4n) is 3.34. The Kier molecular flexibility index (Phi) is 4.22. The van der Waals surface area contributed by atoms with Crippen molar-refractivity contribution in [1.29, 1.82) is 0 Å². The van der Waals surface area contributed by atoms with Crippen molar-refractivity contribution in [2.75, 3.05) is 20.1 Å².